The van der Waals surface area contributed by atoms with Crippen molar-refractivity contribution in [2.45, 2.75) is 19.9 Å². The number of rotatable bonds is 5. The van der Waals surface area contributed by atoms with E-state index in [-0.39, 0.29) is 17.4 Å². The molecule has 0 aliphatic heterocycles. The number of aromatic hydroxyl groups is 1. The van der Waals surface area contributed by atoms with Gasteiger partial charge in [-0.1, -0.05) is 0 Å². The molecule has 0 aliphatic rings. The molecule has 0 aliphatic carbocycles. The number of nitro benzene ring substituents is 1. The van der Waals surface area contributed by atoms with Crippen LogP contribution in [0.1, 0.15) is 13.8 Å². The Kier molecular flexibility index (Phi) is 4.09. The van der Waals surface area contributed by atoms with E-state index in [4.69, 9.17) is 0 Å². The Morgan fingerprint density at radius 2 is 2.00 bits per heavy atom. The van der Waals surface area contributed by atoms with E-state index >= 15 is 0 Å². The number of nitrogens with one attached hydrogen (secondary N) is 2. The maximum absolute atomic E-state index is 11.5. The van der Waals surface area contributed by atoms with Gasteiger partial charge < -0.3 is 5.11 Å². The van der Waals surface area contributed by atoms with Gasteiger partial charge in [0.15, 0.2) is 0 Å². The number of non-ortho nitro benzene ring substituents is 1. The summed E-state index contributed by atoms with van der Waals surface area (Å²) in [6.45, 7) is 3.24. The van der Waals surface area contributed by atoms with Gasteiger partial charge in [-0.2, -0.15) is 13.1 Å². The zero-order chi connectivity index (χ0) is 13.9. The van der Waals surface area contributed by atoms with Crippen molar-refractivity contribution in [3.63, 3.8) is 0 Å². The summed E-state index contributed by atoms with van der Waals surface area (Å²) in [6, 6.07) is 2.71. The van der Waals surface area contributed by atoms with Crippen molar-refractivity contribution in [1.82, 2.24) is 4.72 Å². The summed E-state index contributed by atoms with van der Waals surface area (Å²) in [5, 5.41) is 20.0. The molecule has 0 heterocycles. The highest BCUT2D eigenvalue weighted by Crippen LogP contribution is 2.28. The molecule has 0 radical (unpaired) electrons. The maximum atomic E-state index is 11.5. The summed E-state index contributed by atoms with van der Waals surface area (Å²) in [5.41, 5.74) is -0.576. The van der Waals surface area contributed by atoms with Gasteiger partial charge in [0.25, 0.3) is 15.9 Å². The van der Waals surface area contributed by atoms with E-state index in [0.29, 0.717) is 0 Å². The molecule has 0 unspecified atom stereocenters. The first-order chi connectivity index (χ1) is 8.21. The van der Waals surface area contributed by atoms with Crippen molar-refractivity contribution in [3.05, 3.63) is 28.3 Å². The molecule has 0 bridgehead atoms. The van der Waals surface area contributed by atoms with E-state index in [1.807, 2.05) is 4.72 Å². The molecule has 9 heteroatoms. The molecule has 0 atom stereocenters. The second kappa shape index (κ2) is 5.19. The van der Waals surface area contributed by atoms with Crippen LogP contribution in [0.15, 0.2) is 18.2 Å². The molecular formula is C9H13N3O5S. The van der Waals surface area contributed by atoms with Crippen LogP contribution in [-0.2, 0) is 10.2 Å². The second-order valence-electron chi connectivity index (χ2n) is 3.84. The summed E-state index contributed by atoms with van der Waals surface area (Å²) < 4.78 is 27.3. The largest absolute Gasteiger partial charge is 0.506 e. The predicted molar refractivity (Wildman–Crippen MR) is 65.6 cm³/mol. The number of hydrogen-bond donors (Lipinski definition) is 3. The minimum atomic E-state index is -3.88. The van der Waals surface area contributed by atoms with Crippen molar-refractivity contribution in [3.8, 4) is 5.75 Å². The first kappa shape index (κ1) is 14.2. The first-order valence-electron chi connectivity index (χ1n) is 4.99. The minimum Gasteiger partial charge on any atom is -0.506 e. The summed E-state index contributed by atoms with van der Waals surface area (Å²) in [6.07, 6.45) is 0. The minimum absolute atomic E-state index is 0.252. The lowest BCUT2D eigenvalue weighted by molar-refractivity contribution is -0.384. The van der Waals surface area contributed by atoms with E-state index in [1.165, 1.54) is 0 Å². The monoisotopic (exact) mass is 275 g/mol. The van der Waals surface area contributed by atoms with Crippen molar-refractivity contribution in [1.29, 1.82) is 0 Å². The predicted octanol–water partition coefficient (Wildman–Crippen LogP) is 0.955. The number of phenols is 1. The van der Waals surface area contributed by atoms with Gasteiger partial charge in [0.05, 0.1) is 10.6 Å². The van der Waals surface area contributed by atoms with Crippen molar-refractivity contribution < 1.29 is 18.4 Å². The zero-order valence-corrected chi connectivity index (χ0v) is 10.6. The van der Waals surface area contributed by atoms with Crippen LogP contribution in [-0.4, -0.2) is 24.5 Å². The highest BCUT2D eigenvalue weighted by atomic mass is 32.2. The summed E-state index contributed by atoms with van der Waals surface area (Å²) in [4.78, 5) is 9.85. The van der Waals surface area contributed by atoms with Gasteiger partial charge in [0.2, 0.25) is 0 Å². The van der Waals surface area contributed by atoms with Crippen molar-refractivity contribution in [2.75, 3.05) is 4.72 Å². The summed E-state index contributed by atoms with van der Waals surface area (Å²) in [7, 11) is -3.88. The molecule has 0 saturated heterocycles. The van der Waals surface area contributed by atoms with Gasteiger partial charge in [0, 0.05) is 18.2 Å². The molecule has 18 heavy (non-hydrogen) atoms. The van der Waals surface area contributed by atoms with Gasteiger partial charge in [-0.25, -0.2) is 0 Å². The second-order valence-corrected chi connectivity index (χ2v) is 5.28. The number of anilines is 1. The third-order valence-electron chi connectivity index (χ3n) is 1.83. The highest BCUT2D eigenvalue weighted by Gasteiger charge is 2.16. The highest BCUT2D eigenvalue weighted by molar-refractivity contribution is 7.90. The van der Waals surface area contributed by atoms with E-state index in [0.717, 1.165) is 18.2 Å². The Labute approximate surface area is 104 Å². The average Bonchev–Trinajstić information content (AvgIpc) is 2.18. The Hall–Kier alpha value is -1.87. The molecule has 0 fully saturated rings. The summed E-state index contributed by atoms with van der Waals surface area (Å²) >= 11 is 0. The lowest BCUT2D eigenvalue weighted by atomic mass is 10.2. The Morgan fingerprint density at radius 1 is 1.39 bits per heavy atom. The van der Waals surface area contributed by atoms with Crippen LogP contribution in [0.3, 0.4) is 0 Å². The smallest absolute Gasteiger partial charge is 0.299 e. The molecular weight excluding hydrogens is 262 g/mol. The fourth-order valence-electron chi connectivity index (χ4n) is 1.20. The van der Waals surface area contributed by atoms with Gasteiger partial charge in [-0.3, -0.25) is 14.8 Å². The van der Waals surface area contributed by atoms with E-state index in [9.17, 15) is 23.6 Å². The Morgan fingerprint density at radius 3 is 2.50 bits per heavy atom. The van der Waals surface area contributed by atoms with Crippen LogP contribution < -0.4 is 9.44 Å². The number of benzene rings is 1. The van der Waals surface area contributed by atoms with Gasteiger partial charge in [0.1, 0.15) is 5.75 Å². The molecule has 0 spiro atoms. The van der Waals surface area contributed by atoms with Crippen molar-refractivity contribution >= 4 is 21.6 Å². The molecule has 100 valence electrons. The number of nitro groups is 1. The normalized spacial score (nSPS) is 11.5. The maximum Gasteiger partial charge on any atom is 0.299 e. The van der Waals surface area contributed by atoms with Crippen LogP contribution in [0, 0.1) is 10.1 Å². The molecule has 1 aromatic carbocycles. The van der Waals surface area contributed by atoms with E-state index in [2.05, 4.69) is 4.72 Å². The van der Waals surface area contributed by atoms with Crippen LogP contribution in [0.4, 0.5) is 11.4 Å². The SMILES string of the molecule is CC(C)NS(=O)(=O)Nc1cc([N+](=O)[O-])ccc1O. The van der Waals surface area contributed by atoms with Gasteiger partial charge in [-0.15, -0.1) is 0 Å². The van der Waals surface area contributed by atoms with Crippen LogP contribution in [0.2, 0.25) is 0 Å². The fourth-order valence-corrected chi connectivity index (χ4v) is 2.34. The average molecular weight is 275 g/mol. The fraction of sp³-hybridized carbons (Fsp3) is 0.333. The molecule has 1 rings (SSSR count). The third kappa shape index (κ3) is 3.86. The van der Waals surface area contributed by atoms with E-state index < -0.39 is 20.9 Å². The Balaban J connectivity index is 3.04. The standard InChI is InChI=1S/C9H13N3O5S/c1-6(2)10-18(16,17)11-8-5-7(12(14)15)3-4-9(8)13/h3-6,10-11,13H,1-2H3. The molecule has 3 N–H and O–H groups in total. The third-order valence-corrected chi connectivity index (χ3v) is 3.10. The topological polar surface area (TPSA) is 122 Å². The number of nitrogens with zero attached hydrogens (tertiary/aromatic N) is 1. The summed E-state index contributed by atoms with van der Waals surface area (Å²) in [5.74, 6) is -0.394. The Bertz CT molecular complexity index is 555. The van der Waals surface area contributed by atoms with E-state index in [1.54, 1.807) is 13.8 Å². The van der Waals surface area contributed by atoms with Gasteiger partial charge >= 0.3 is 0 Å². The molecule has 0 saturated carbocycles. The van der Waals surface area contributed by atoms with Crippen LogP contribution in [0.5, 0.6) is 5.75 Å². The molecule has 0 amide bonds. The van der Waals surface area contributed by atoms with Crippen molar-refractivity contribution in [2.24, 2.45) is 0 Å². The number of hydrogen-bond acceptors (Lipinski definition) is 5. The van der Waals surface area contributed by atoms with Crippen LogP contribution >= 0.6 is 0 Å². The lowest BCUT2D eigenvalue weighted by Gasteiger charge is -2.12. The number of phenolic OH excluding ortho intramolecular Hbond substituents is 1. The molecule has 0 aromatic heterocycles. The van der Waals surface area contributed by atoms with Crippen LogP contribution in [0.25, 0.3) is 0 Å². The zero-order valence-electron chi connectivity index (χ0n) is 9.75. The quantitative estimate of drug-likeness (QED) is 0.419. The first-order valence-corrected chi connectivity index (χ1v) is 6.47. The van der Waals surface area contributed by atoms with Gasteiger partial charge in [-0.05, 0) is 19.9 Å². The lowest BCUT2D eigenvalue weighted by Crippen LogP contribution is -2.35. The molecule has 1 aromatic rings. The molecule has 8 nitrogen and oxygen atoms in total.